The lowest BCUT2D eigenvalue weighted by molar-refractivity contribution is 0.519. The standard InChI is InChI=1S/C18H16ClFN2OS/c1-11(2)22-17(23)14-5-3-4-6-16(14)21-18(22)24-10-12-7-8-13(20)9-15(12)19/h3-9,11H,10H2,1-2H3. The molecule has 0 atom stereocenters. The molecule has 0 aliphatic carbocycles. The summed E-state index contributed by atoms with van der Waals surface area (Å²) in [5, 5.41) is 1.62. The van der Waals surface area contributed by atoms with Crippen LogP contribution in [0.25, 0.3) is 10.9 Å². The highest BCUT2D eigenvalue weighted by atomic mass is 35.5. The fourth-order valence-electron chi connectivity index (χ4n) is 2.46. The number of rotatable bonds is 4. The van der Waals surface area contributed by atoms with Gasteiger partial charge < -0.3 is 0 Å². The minimum atomic E-state index is -0.364. The zero-order chi connectivity index (χ0) is 17.3. The van der Waals surface area contributed by atoms with Crippen molar-refractivity contribution >= 4 is 34.3 Å². The van der Waals surface area contributed by atoms with Gasteiger partial charge in [-0.1, -0.05) is 41.6 Å². The van der Waals surface area contributed by atoms with Crippen LogP contribution >= 0.6 is 23.4 Å². The Morgan fingerprint density at radius 2 is 2.00 bits per heavy atom. The van der Waals surface area contributed by atoms with Crippen molar-refractivity contribution in [2.45, 2.75) is 30.8 Å². The number of benzene rings is 2. The van der Waals surface area contributed by atoms with Crippen molar-refractivity contribution in [3.8, 4) is 0 Å². The third-order valence-electron chi connectivity index (χ3n) is 3.66. The van der Waals surface area contributed by atoms with Gasteiger partial charge in [0.1, 0.15) is 5.82 Å². The molecule has 0 saturated heterocycles. The Bertz CT molecular complexity index is 955. The Morgan fingerprint density at radius 1 is 1.25 bits per heavy atom. The van der Waals surface area contributed by atoms with Crippen LogP contribution in [0.2, 0.25) is 5.02 Å². The van der Waals surface area contributed by atoms with Crippen molar-refractivity contribution in [3.63, 3.8) is 0 Å². The molecule has 0 fully saturated rings. The Hall–Kier alpha value is -1.85. The number of thioether (sulfide) groups is 1. The maximum atomic E-state index is 13.2. The molecule has 3 rings (SSSR count). The second-order valence-electron chi connectivity index (χ2n) is 5.70. The second-order valence-corrected chi connectivity index (χ2v) is 7.05. The molecule has 0 saturated carbocycles. The number of fused-ring (bicyclic) bond motifs is 1. The fourth-order valence-corrected chi connectivity index (χ4v) is 3.91. The number of hydrogen-bond donors (Lipinski definition) is 0. The largest absolute Gasteiger partial charge is 0.285 e. The van der Waals surface area contributed by atoms with E-state index in [4.69, 9.17) is 11.6 Å². The summed E-state index contributed by atoms with van der Waals surface area (Å²) in [7, 11) is 0. The quantitative estimate of drug-likeness (QED) is 0.480. The summed E-state index contributed by atoms with van der Waals surface area (Å²) in [5.74, 6) is 0.146. The molecule has 0 amide bonds. The van der Waals surface area contributed by atoms with E-state index in [1.165, 1.54) is 23.9 Å². The molecule has 3 nitrogen and oxygen atoms in total. The van der Waals surface area contributed by atoms with E-state index in [2.05, 4.69) is 4.98 Å². The van der Waals surface area contributed by atoms with E-state index >= 15 is 0 Å². The van der Waals surface area contributed by atoms with Gasteiger partial charge in [-0.2, -0.15) is 0 Å². The molecule has 0 spiro atoms. The van der Waals surface area contributed by atoms with Crippen molar-refractivity contribution in [1.82, 2.24) is 9.55 Å². The Balaban J connectivity index is 2.02. The first kappa shape index (κ1) is 17.0. The van der Waals surface area contributed by atoms with Gasteiger partial charge in [0.25, 0.3) is 5.56 Å². The highest BCUT2D eigenvalue weighted by Crippen LogP contribution is 2.27. The normalized spacial score (nSPS) is 11.4. The van der Waals surface area contributed by atoms with Crippen LogP contribution in [0, 0.1) is 5.82 Å². The third kappa shape index (κ3) is 3.32. The number of aromatic nitrogens is 2. The minimum Gasteiger partial charge on any atom is -0.285 e. The summed E-state index contributed by atoms with van der Waals surface area (Å²) in [4.78, 5) is 17.4. The average molecular weight is 363 g/mol. The molecule has 1 heterocycles. The lowest BCUT2D eigenvalue weighted by Gasteiger charge is -2.16. The van der Waals surface area contributed by atoms with Gasteiger partial charge in [-0.15, -0.1) is 0 Å². The predicted octanol–water partition coefficient (Wildman–Crippen LogP) is 5.06. The summed E-state index contributed by atoms with van der Waals surface area (Å²) in [6.07, 6.45) is 0. The highest BCUT2D eigenvalue weighted by Gasteiger charge is 2.14. The molecule has 124 valence electrons. The average Bonchev–Trinajstić information content (AvgIpc) is 2.54. The Kier molecular flexibility index (Phi) is 4.92. The van der Waals surface area contributed by atoms with Gasteiger partial charge in [-0.05, 0) is 43.7 Å². The maximum Gasteiger partial charge on any atom is 0.262 e. The molecule has 0 aliphatic heterocycles. The summed E-state index contributed by atoms with van der Waals surface area (Å²) in [6, 6.07) is 11.6. The van der Waals surface area contributed by atoms with Gasteiger partial charge in [0.05, 0.1) is 10.9 Å². The number of halogens is 2. The molecule has 1 aromatic heterocycles. The van der Waals surface area contributed by atoms with Gasteiger partial charge in [0.15, 0.2) is 5.16 Å². The summed E-state index contributed by atoms with van der Waals surface area (Å²) < 4.78 is 14.8. The van der Waals surface area contributed by atoms with E-state index in [1.807, 2.05) is 32.0 Å². The van der Waals surface area contributed by atoms with Gasteiger partial charge in [0.2, 0.25) is 0 Å². The van der Waals surface area contributed by atoms with E-state index in [9.17, 15) is 9.18 Å². The smallest absolute Gasteiger partial charge is 0.262 e. The zero-order valence-electron chi connectivity index (χ0n) is 13.3. The molecule has 3 aromatic rings. The summed E-state index contributed by atoms with van der Waals surface area (Å²) >= 11 is 7.50. The van der Waals surface area contributed by atoms with E-state index in [0.29, 0.717) is 26.8 Å². The third-order valence-corrected chi connectivity index (χ3v) is 5.02. The van der Waals surface area contributed by atoms with Gasteiger partial charge in [0, 0.05) is 16.8 Å². The van der Waals surface area contributed by atoms with Gasteiger partial charge in [-0.3, -0.25) is 9.36 Å². The molecule has 2 aromatic carbocycles. The van der Waals surface area contributed by atoms with Crippen LogP contribution in [-0.4, -0.2) is 9.55 Å². The minimum absolute atomic E-state index is 0.0132. The Morgan fingerprint density at radius 3 is 2.71 bits per heavy atom. The molecule has 0 bridgehead atoms. The molecule has 24 heavy (non-hydrogen) atoms. The number of para-hydroxylation sites is 1. The molecule has 6 heteroatoms. The van der Waals surface area contributed by atoms with Crippen molar-refractivity contribution in [1.29, 1.82) is 0 Å². The van der Waals surface area contributed by atoms with Crippen LogP contribution < -0.4 is 5.56 Å². The van der Waals surface area contributed by atoms with Crippen LogP contribution in [-0.2, 0) is 5.75 Å². The molecular formula is C18H16ClFN2OS. The lowest BCUT2D eigenvalue weighted by atomic mass is 10.2. The first-order valence-electron chi connectivity index (χ1n) is 7.55. The van der Waals surface area contributed by atoms with E-state index in [1.54, 1.807) is 16.7 Å². The van der Waals surface area contributed by atoms with Gasteiger partial charge in [-0.25, -0.2) is 9.37 Å². The van der Waals surface area contributed by atoms with Crippen molar-refractivity contribution in [2.24, 2.45) is 0 Å². The Labute approximate surface area is 148 Å². The topological polar surface area (TPSA) is 34.9 Å². The van der Waals surface area contributed by atoms with Crippen LogP contribution in [0.1, 0.15) is 25.5 Å². The summed E-state index contributed by atoms with van der Waals surface area (Å²) in [6.45, 7) is 3.90. The van der Waals surface area contributed by atoms with Crippen molar-refractivity contribution < 1.29 is 4.39 Å². The number of hydrogen-bond acceptors (Lipinski definition) is 3. The lowest BCUT2D eigenvalue weighted by Crippen LogP contribution is -2.25. The van der Waals surface area contributed by atoms with Crippen LogP contribution in [0.5, 0.6) is 0 Å². The fraction of sp³-hybridized carbons (Fsp3) is 0.222. The number of nitrogens with zero attached hydrogens (tertiary/aromatic N) is 2. The first-order valence-corrected chi connectivity index (χ1v) is 8.91. The van der Waals surface area contributed by atoms with Crippen LogP contribution in [0.4, 0.5) is 4.39 Å². The van der Waals surface area contributed by atoms with Crippen molar-refractivity contribution in [2.75, 3.05) is 0 Å². The van der Waals surface area contributed by atoms with E-state index in [0.717, 1.165) is 5.56 Å². The molecule has 0 unspecified atom stereocenters. The molecule has 0 aliphatic rings. The van der Waals surface area contributed by atoms with E-state index in [-0.39, 0.29) is 17.4 Å². The zero-order valence-corrected chi connectivity index (χ0v) is 14.9. The van der Waals surface area contributed by atoms with Crippen molar-refractivity contribution in [3.05, 3.63) is 69.2 Å². The SMILES string of the molecule is CC(C)n1c(SCc2ccc(F)cc2Cl)nc2ccccc2c1=O. The molecule has 0 N–H and O–H groups in total. The maximum absolute atomic E-state index is 13.2. The van der Waals surface area contributed by atoms with Crippen LogP contribution in [0.15, 0.2) is 52.4 Å². The van der Waals surface area contributed by atoms with Crippen LogP contribution in [0.3, 0.4) is 0 Å². The van der Waals surface area contributed by atoms with E-state index < -0.39 is 0 Å². The molecule has 0 radical (unpaired) electrons. The summed E-state index contributed by atoms with van der Waals surface area (Å²) in [5.41, 5.74) is 1.43. The highest BCUT2D eigenvalue weighted by molar-refractivity contribution is 7.98. The monoisotopic (exact) mass is 362 g/mol. The second kappa shape index (κ2) is 6.95. The predicted molar refractivity (Wildman–Crippen MR) is 97.4 cm³/mol. The van der Waals surface area contributed by atoms with Gasteiger partial charge >= 0.3 is 0 Å². The molecular weight excluding hydrogens is 347 g/mol. The first-order chi connectivity index (χ1) is 11.5.